The van der Waals surface area contributed by atoms with Gasteiger partial charge in [0.25, 0.3) is 0 Å². The van der Waals surface area contributed by atoms with E-state index in [4.69, 9.17) is 4.74 Å². The molecule has 0 aliphatic rings. The highest BCUT2D eigenvalue weighted by molar-refractivity contribution is 9.11. The summed E-state index contributed by atoms with van der Waals surface area (Å²) in [4.78, 5) is 15.9. The molecule has 0 fully saturated rings. The van der Waals surface area contributed by atoms with E-state index in [1.807, 2.05) is 30.3 Å². The zero-order chi connectivity index (χ0) is 15.0. The maximum atomic E-state index is 12.8. The van der Waals surface area contributed by atoms with Crippen LogP contribution in [0.1, 0.15) is 15.9 Å². The summed E-state index contributed by atoms with van der Waals surface area (Å²) in [5.41, 5.74) is 2.10. The van der Waals surface area contributed by atoms with Crippen molar-refractivity contribution in [3.05, 3.63) is 62.7 Å². The van der Waals surface area contributed by atoms with Crippen LogP contribution in [0, 0.1) is 0 Å². The largest absolute Gasteiger partial charge is 0.496 e. The second-order valence-electron chi connectivity index (χ2n) is 4.54. The Morgan fingerprint density at radius 2 is 1.95 bits per heavy atom. The molecule has 0 amide bonds. The molecule has 0 radical (unpaired) electrons. The summed E-state index contributed by atoms with van der Waals surface area (Å²) in [5.74, 6) is 0.635. The van der Waals surface area contributed by atoms with Gasteiger partial charge in [0, 0.05) is 26.2 Å². The highest BCUT2D eigenvalue weighted by atomic mass is 79.9. The van der Waals surface area contributed by atoms with Gasteiger partial charge in [0.05, 0.1) is 18.1 Å². The molecule has 3 rings (SSSR count). The third-order valence-electron chi connectivity index (χ3n) is 3.31. The molecule has 0 spiro atoms. The van der Waals surface area contributed by atoms with Crippen LogP contribution in [0.5, 0.6) is 5.75 Å². The lowest BCUT2D eigenvalue weighted by Gasteiger charge is -2.06. The van der Waals surface area contributed by atoms with E-state index in [1.165, 1.54) is 0 Å². The van der Waals surface area contributed by atoms with Crippen molar-refractivity contribution in [3.63, 3.8) is 0 Å². The molecular weight excluding hydrogens is 398 g/mol. The molecule has 1 N–H and O–H groups in total. The molecule has 21 heavy (non-hydrogen) atoms. The van der Waals surface area contributed by atoms with Crippen molar-refractivity contribution in [2.45, 2.75) is 0 Å². The molecule has 0 saturated carbocycles. The molecule has 5 heteroatoms. The maximum absolute atomic E-state index is 12.8. The summed E-state index contributed by atoms with van der Waals surface area (Å²) in [7, 11) is 1.60. The number of rotatable bonds is 3. The van der Waals surface area contributed by atoms with E-state index in [9.17, 15) is 4.79 Å². The molecular formula is C16H11Br2NO2. The van der Waals surface area contributed by atoms with E-state index in [2.05, 4.69) is 36.8 Å². The number of ketones is 1. The average Bonchev–Trinajstić information content (AvgIpc) is 2.90. The summed E-state index contributed by atoms with van der Waals surface area (Å²) in [6.45, 7) is 0. The van der Waals surface area contributed by atoms with Gasteiger partial charge in [-0.3, -0.25) is 4.79 Å². The Bertz CT molecular complexity index is 839. The number of H-pyrrole nitrogens is 1. The second kappa shape index (κ2) is 5.66. The average molecular weight is 409 g/mol. The van der Waals surface area contributed by atoms with Gasteiger partial charge in [-0.15, -0.1) is 0 Å². The van der Waals surface area contributed by atoms with Crippen LogP contribution in [-0.4, -0.2) is 17.9 Å². The van der Waals surface area contributed by atoms with Gasteiger partial charge < -0.3 is 9.72 Å². The smallest absolute Gasteiger partial charge is 0.196 e. The predicted octanol–water partition coefficient (Wildman–Crippen LogP) is 4.93. The lowest BCUT2D eigenvalue weighted by molar-refractivity contribution is 0.103. The summed E-state index contributed by atoms with van der Waals surface area (Å²) in [5, 5.41) is 0.805. The first-order valence-corrected chi connectivity index (χ1v) is 7.84. The summed E-state index contributed by atoms with van der Waals surface area (Å²) >= 11 is 6.83. The molecule has 0 aliphatic carbocycles. The Balaban J connectivity index is 2.18. The minimum atomic E-state index is -0.0508. The van der Waals surface area contributed by atoms with Crippen molar-refractivity contribution in [1.82, 2.24) is 4.98 Å². The number of benzene rings is 2. The number of aromatic amines is 1. The number of nitrogens with one attached hydrogen (secondary N) is 1. The molecule has 0 bridgehead atoms. The fraction of sp³-hybridized carbons (Fsp3) is 0.0625. The van der Waals surface area contributed by atoms with Crippen LogP contribution >= 0.6 is 31.9 Å². The lowest BCUT2D eigenvalue weighted by atomic mass is 10.0. The third kappa shape index (κ3) is 2.51. The molecule has 3 nitrogen and oxygen atoms in total. The fourth-order valence-electron chi connectivity index (χ4n) is 2.32. The number of carbonyl (C=O) groups is 1. The molecule has 1 heterocycles. The number of aromatic nitrogens is 1. The molecule has 1 aromatic heterocycles. The summed E-state index contributed by atoms with van der Waals surface area (Å²) < 4.78 is 7.05. The van der Waals surface area contributed by atoms with E-state index >= 15 is 0 Å². The summed E-state index contributed by atoms with van der Waals surface area (Å²) in [6, 6.07) is 11.2. The van der Waals surface area contributed by atoms with Crippen LogP contribution in [0.4, 0.5) is 0 Å². The normalized spacial score (nSPS) is 10.8. The van der Waals surface area contributed by atoms with Gasteiger partial charge in [0.15, 0.2) is 5.78 Å². The lowest BCUT2D eigenvalue weighted by Crippen LogP contribution is -2.02. The Kier molecular flexibility index (Phi) is 3.87. The van der Waals surface area contributed by atoms with Gasteiger partial charge in [0.2, 0.25) is 0 Å². The maximum Gasteiger partial charge on any atom is 0.196 e. The quantitative estimate of drug-likeness (QED) is 0.624. The molecule has 3 aromatic rings. The van der Waals surface area contributed by atoms with Crippen molar-refractivity contribution in [1.29, 1.82) is 0 Å². The van der Waals surface area contributed by atoms with Crippen molar-refractivity contribution in [2.24, 2.45) is 0 Å². The molecule has 106 valence electrons. The summed E-state index contributed by atoms with van der Waals surface area (Å²) in [6.07, 6.45) is 1.73. The van der Waals surface area contributed by atoms with Crippen molar-refractivity contribution in [2.75, 3.05) is 7.11 Å². The molecule has 0 saturated heterocycles. The first-order valence-electron chi connectivity index (χ1n) is 6.25. The van der Waals surface area contributed by atoms with E-state index in [-0.39, 0.29) is 5.78 Å². The Labute approximate surface area is 138 Å². The first kappa shape index (κ1) is 14.4. The fourth-order valence-corrected chi connectivity index (χ4v) is 3.55. The zero-order valence-corrected chi connectivity index (χ0v) is 14.3. The molecule has 0 unspecified atom stereocenters. The number of halogens is 2. The Morgan fingerprint density at radius 1 is 1.14 bits per heavy atom. The van der Waals surface area contributed by atoms with Crippen LogP contribution in [0.15, 0.2) is 51.5 Å². The first-order chi connectivity index (χ1) is 10.1. The van der Waals surface area contributed by atoms with Gasteiger partial charge in [-0.25, -0.2) is 0 Å². The number of fused-ring (bicyclic) bond motifs is 1. The van der Waals surface area contributed by atoms with Crippen LogP contribution in [-0.2, 0) is 0 Å². The SMILES string of the molecule is COc1cccc2[nH]cc(C(=O)c3ccc(Br)cc3Br)c12. The van der Waals surface area contributed by atoms with Crippen LogP contribution in [0.25, 0.3) is 10.9 Å². The van der Waals surface area contributed by atoms with Crippen molar-refractivity contribution in [3.8, 4) is 5.75 Å². The standard InChI is InChI=1S/C16H11Br2NO2/c1-21-14-4-2-3-13-15(14)11(8-19-13)16(20)10-6-5-9(17)7-12(10)18/h2-8,19H,1H3. The van der Waals surface area contributed by atoms with Gasteiger partial charge >= 0.3 is 0 Å². The molecule has 2 aromatic carbocycles. The van der Waals surface area contributed by atoms with E-state index < -0.39 is 0 Å². The van der Waals surface area contributed by atoms with Crippen LogP contribution in [0.2, 0.25) is 0 Å². The Hall–Kier alpha value is -1.59. The van der Waals surface area contributed by atoms with Crippen molar-refractivity contribution < 1.29 is 9.53 Å². The van der Waals surface area contributed by atoms with Crippen molar-refractivity contribution >= 4 is 48.5 Å². The number of hydrogen-bond donors (Lipinski definition) is 1. The molecule has 0 aliphatic heterocycles. The number of methoxy groups -OCH3 is 1. The number of ether oxygens (including phenoxy) is 1. The third-order valence-corrected chi connectivity index (χ3v) is 4.46. The van der Waals surface area contributed by atoms with Gasteiger partial charge in [0.1, 0.15) is 5.75 Å². The van der Waals surface area contributed by atoms with Gasteiger partial charge in [-0.05, 0) is 46.3 Å². The van der Waals surface area contributed by atoms with Gasteiger partial charge in [-0.1, -0.05) is 22.0 Å². The predicted molar refractivity (Wildman–Crippen MR) is 90.1 cm³/mol. The zero-order valence-electron chi connectivity index (χ0n) is 11.1. The van der Waals surface area contributed by atoms with E-state index in [0.29, 0.717) is 16.9 Å². The highest BCUT2D eigenvalue weighted by Gasteiger charge is 2.19. The van der Waals surface area contributed by atoms with Crippen LogP contribution < -0.4 is 4.74 Å². The Morgan fingerprint density at radius 3 is 2.67 bits per heavy atom. The topological polar surface area (TPSA) is 42.1 Å². The number of carbonyl (C=O) groups excluding carboxylic acids is 1. The van der Waals surface area contributed by atoms with E-state index in [0.717, 1.165) is 19.8 Å². The molecule has 0 atom stereocenters. The highest BCUT2D eigenvalue weighted by Crippen LogP contribution is 2.32. The minimum absolute atomic E-state index is 0.0508. The van der Waals surface area contributed by atoms with E-state index in [1.54, 1.807) is 19.4 Å². The number of hydrogen-bond acceptors (Lipinski definition) is 2. The van der Waals surface area contributed by atoms with Gasteiger partial charge in [-0.2, -0.15) is 0 Å². The van der Waals surface area contributed by atoms with Crippen LogP contribution in [0.3, 0.4) is 0 Å². The second-order valence-corrected chi connectivity index (χ2v) is 6.31. The monoisotopic (exact) mass is 407 g/mol. The minimum Gasteiger partial charge on any atom is -0.496 e.